The maximum Gasteiger partial charge on any atom is 0.173 e. The zero-order valence-corrected chi connectivity index (χ0v) is 13.7. The molecule has 0 bridgehead atoms. The van der Waals surface area contributed by atoms with E-state index in [2.05, 4.69) is 20.4 Å². The van der Waals surface area contributed by atoms with Gasteiger partial charge in [0.05, 0.1) is 25.3 Å². The number of piperidine rings is 1. The number of benzene rings is 1. The van der Waals surface area contributed by atoms with Gasteiger partial charge in [-0.05, 0) is 41.0 Å². The maximum atomic E-state index is 13.3. The van der Waals surface area contributed by atoms with E-state index in [0.29, 0.717) is 31.8 Å². The number of nitrogens with zero attached hydrogens (tertiary/aromatic N) is 5. The van der Waals surface area contributed by atoms with Crippen molar-refractivity contribution < 1.29 is 14.2 Å². The van der Waals surface area contributed by atoms with Gasteiger partial charge in [0.2, 0.25) is 0 Å². The molecule has 0 aliphatic carbocycles. The van der Waals surface area contributed by atoms with E-state index in [1.54, 1.807) is 23.9 Å². The fourth-order valence-electron chi connectivity index (χ4n) is 3.06. The quantitative estimate of drug-likeness (QED) is 0.849. The number of likely N-dealkylation sites (tertiary alicyclic amines) is 1. The Bertz CT molecular complexity index is 640. The van der Waals surface area contributed by atoms with Crippen molar-refractivity contribution in [1.82, 2.24) is 25.1 Å². The van der Waals surface area contributed by atoms with Gasteiger partial charge in [-0.15, -0.1) is 5.10 Å². The largest absolute Gasteiger partial charge is 0.393 e. The van der Waals surface area contributed by atoms with Gasteiger partial charge in [0.15, 0.2) is 5.82 Å². The van der Waals surface area contributed by atoms with Gasteiger partial charge >= 0.3 is 0 Å². The lowest BCUT2D eigenvalue weighted by atomic mass is 10.00. The van der Waals surface area contributed by atoms with Crippen LogP contribution in [0.3, 0.4) is 0 Å². The van der Waals surface area contributed by atoms with Crippen LogP contribution in [0.5, 0.6) is 0 Å². The van der Waals surface area contributed by atoms with E-state index in [-0.39, 0.29) is 18.0 Å². The Morgan fingerprint density at radius 2 is 2.00 bits per heavy atom. The molecule has 1 aromatic heterocycles. The van der Waals surface area contributed by atoms with Crippen molar-refractivity contribution in [1.29, 1.82) is 0 Å². The Balaban J connectivity index is 1.92. The summed E-state index contributed by atoms with van der Waals surface area (Å²) in [7, 11) is 1.63. The summed E-state index contributed by atoms with van der Waals surface area (Å²) in [5.41, 5.74) is 0.932. The van der Waals surface area contributed by atoms with Crippen molar-refractivity contribution in [2.75, 3.05) is 26.8 Å². The Morgan fingerprint density at radius 3 is 2.67 bits per heavy atom. The third kappa shape index (κ3) is 3.77. The highest BCUT2D eigenvalue weighted by atomic mass is 19.1. The summed E-state index contributed by atoms with van der Waals surface area (Å²) < 4.78 is 20.2. The van der Waals surface area contributed by atoms with Crippen LogP contribution >= 0.6 is 0 Å². The molecule has 2 heterocycles. The Morgan fingerprint density at radius 1 is 1.29 bits per heavy atom. The summed E-state index contributed by atoms with van der Waals surface area (Å²) in [6.45, 7) is 2.53. The van der Waals surface area contributed by atoms with Crippen molar-refractivity contribution in [2.45, 2.75) is 31.5 Å². The lowest BCUT2D eigenvalue weighted by molar-refractivity contribution is 0.0656. The maximum absolute atomic E-state index is 13.3. The lowest BCUT2D eigenvalue weighted by Gasteiger charge is -2.35. The lowest BCUT2D eigenvalue weighted by Crippen LogP contribution is -2.40. The van der Waals surface area contributed by atoms with Crippen LogP contribution in [0.15, 0.2) is 24.3 Å². The number of ether oxygens (including phenoxy) is 1. The van der Waals surface area contributed by atoms with Gasteiger partial charge in [-0.2, -0.15) is 0 Å². The van der Waals surface area contributed by atoms with Crippen molar-refractivity contribution in [3.8, 4) is 0 Å². The number of methoxy groups -OCH3 is 1. The summed E-state index contributed by atoms with van der Waals surface area (Å²) >= 11 is 0. The van der Waals surface area contributed by atoms with E-state index in [1.807, 2.05) is 0 Å². The number of aromatic nitrogens is 4. The van der Waals surface area contributed by atoms with E-state index >= 15 is 0 Å². The highest BCUT2D eigenvalue weighted by Gasteiger charge is 2.30. The molecular formula is C16H22FN5O2. The zero-order chi connectivity index (χ0) is 16.9. The molecule has 24 heavy (non-hydrogen) atoms. The molecule has 0 radical (unpaired) electrons. The molecule has 130 valence electrons. The Labute approximate surface area is 140 Å². The zero-order valence-electron chi connectivity index (χ0n) is 13.7. The first-order valence-electron chi connectivity index (χ1n) is 8.11. The summed E-state index contributed by atoms with van der Waals surface area (Å²) in [6, 6.07) is 6.25. The highest BCUT2D eigenvalue weighted by Crippen LogP contribution is 2.29. The second kappa shape index (κ2) is 7.78. The van der Waals surface area contributed by atoms with E-state index in [1.165, 1.54) is 12.1 Å². The van der Waals surface area contributed by atoms with Crippen molar-refractivity contribution in [2.24, 2.45) is 0 Å². The first-order chi connectivity index (χ1) is 11.7. The van der Waals surface area contributed by atoms with Crippen LogP contribution in [0.4, 0.5) is 4.39 Å². The molecule has 1 atom stereocenters. The second-order valence-electron chi connectivity index (χ2n) is 5.97. The minimum atomic E-state index is -0.273. The number of rotatable bonds is 6. The van der Waals surface area contributed by atoms with Crippen molar-refractivity contribution in [3.63, 3.8) is 0 Å². The van der Waals surface area contributed by atoms with Gasteiger partial charge < -0.3 is 9.84 Å². The number of halogens is 1. The van der Waals surface area contributed by atoms with E-state index in [0.717, 1.165) is 18.7 Å². The SMILES string of the molecule is COCCn1nnnc1[C@H](c1ccc(F)cc1)N1CCC(O)CC1. The number of aliphatic hydroxyl groups excluding tert-OH is 1. The fraction of sp³-hybridized carbons (Fsp3) is 0.562. The third-order valence-electron chi connectivity index (χ3n) is 4.36. The molecule has 0 unspecified atom stereocenters. The second-order valence-corrected chi connectivity index (χ2v) is 5.97. The van der Waals surface area contributed by atoms with Gasteiger partial charge in [0.25, 0.3) is 0 Å². The molecule has 8 heteroatoms. The number of tetrazole rings is 1. The first kappa shape index (κ1) is 16.9. The predicted molar refractivity (Wildman–Crippen MR) is 84.7 cm³/mol. The topological polar surface area (TPSA) is 76.3 Å². The molecule has 0 amide bonds. The van der Waals surface area contributed by atoms with Crippen LogP contribution in [-0.4, -0.2) is 63.1 Å². The van der Waals surface area contributed by atoms with Crippen LogP contribution < -0.4 is 0 Å². The standard InChI is InChI=1S/C16H22FN5O2/c1-24-11-10-22-16(18-19-20-22)15(12-2-4-13(17)5-3-12)21-8-6-14(23)7-9-21/h2-5,14-15,23H,6-11H2,1H3/t15-/m0/s1. The minimum Gasteiger partial charge on any atom is -0.393 e. The Hall–Kier alpha value is -1.90. The van der Waals surface area contributed by atoms with Crippen molar-refractivity contribution >= 4 is 0 Å². The van der Waals surface area contributed by atoms with E-state index in [4.69, 9.17) is 4.74 Å². The molecule has 1 N–H and O–H groups in total. The summed E-state index contributed by atoms with van der Waals surface area (Å²) in [5, 5.41) is 21.8. The molecule has 1 saturated heterocycles. The molecule has 3 rings (SSSR count). The number of hydrogen-bond acceptors (Lipinski definition) is 6. The summed E-state index contributed by atoms with van der Waals surface area (Å²) in [5.74, 6) is 0.431. The van der Waals surface area contributed by atoms with Crippen LogP contribution in [0.1, 0.15) is 30.3 Å². The van der Waals surface area contributed by atoms with E-state index in [9.17, 15) is 9.50 Å². The molecular weight excluding hydrogens is 313 g/mol. The molecule has 2 aromatic rings. The fourth-order valence-corrected chi connectivity index (χ4v) is 3.06. The third-order valence-corrected chi connectivity index (χ3v) is 4.36. The molecule has 0 saturated carbocycles. The van der Waals surface area contributed by atoms with Gasteiger partial charge in [-0.25, -0.2) is 9.07 Å². The van der Waals surface area contributed by atoms with Gasteiger partial charge in [0, 0.05) is 20.2 Å². The van der Waals surface area contributed by atoms with Gasteiger partial charge in [0.1, 0.15) is 5.82 Å². The summed E-state index contributed by atoms with van der Waals surface area (Å²) in [6.07, 6.45) is 1.15. The molecule has 1 fully saturated rings. The average molecular weight is 335 g/mol. The highest BCUT2D eigenvalue weighted by molar-refractivity contribution is 5.25. The smallest absolute Gasteiger partial charge is 0.173 e. The monoisotopic (exact) mass is 335 g/mol. The Kier molecular flexibility index (Phi) is 5.49. The first-order valence-corrected chi connectivity index (χ1v) is 8.11. The molecule has 0 spiro atoms. The van der Waals surface area contributed by atoms with Crippen LogP contribution in [0.2, 0.25) is 0 Å². The normalized spacial score (nSPS) is 18.0. The predicted octanol–water partition coefficient (Wildman–Crippen LogP) is 1.00. The molecule has 1 aromatic carbocycles. The van der Waals surface area contributed by atoms with Crippen LogP contribution in [0.25, 0.3) is 0 Å². The van der Waals surface area contributed by atoms with Gasteiger partial charge in [-0.3, -0.25) is 4.90 Å². The summed E-state index contributed by atoms with van der Waals surface area (Å²) in [4.78, 5) is 2.23. The number of hydrogen-bond donors (Lipinski definition) is 1. The van der Waals surface area contributed by atoms with Crippen LogP contribution in [-0.2, 0) is 11.3 Å². The molecule has 7 nitrogen and oxygen atoms in total. The molecule has 1 aliphatic rings. The molecule has 1 aliphatic heterocycles. The number of aliphatic hydroxyl groups is 1. The average Bonchev–Trinajstić information content (AvgIpc) is 3.05. The van der Waals surface area contributed by atoms with Crippen LogP contribution in [0, 0.1) is 5.82 Å². The van der Waals surface area contributed by atoms with E-state index < -0.39 is 0 Å². The van der Waals surface area contributed by atoms with Gasteiger partial charge in [-0.1, -0.05) is 12.1 Å². The minimum absolute atomic E-state index is 0.176. The van der Waals surface area contributed by atoms with Crippen molar-refractivity contribution in [3.05, 3.63) is 41.5 Å².